The minimum Gasteiger partial charge on any atom is -0.387 e. The Morgan fingerprint density at radius 2 is 1.82 bits per heavy atom. The zero-order chi connectivity index (χ0) is 19.9. The molecule has 2 N–H and O–H groups in total. The predicted octanol–water partition coefficient (Wildman–Crippen LogP) is 5.53. The second-order valence-corrected chi connectivity index (χ2v) is 9.76. The number of carbonyl (C=O) groups excluding carboxylic acids is 1. The lowest BCUT2D eigenvalue weighted by atomic mass is 9.48. The van der Waals surface area contributed by atoms with Crippen molar-refractivity contribution in [1.29, 1.82) is 5.26 Å². The van der Waals surface area contributed by atoms with E-state index < -0.39 is 5.91 Å². The number of anilines is 1. The molecule has 0 spiro atoms. The molecule has 0 saturated heterocycles. The number of amides is 1. The first-order chi connectivity index (χ1) is 13.4. The molecule has 28 heavy (non-hydrogen) atoms. The minimum atomic E-state index is -0.475. The Morgan fingerprint density at radius 3 is 2.36 bits per heavy atom. The van der Waals surface area contributed by atoms with Crippen molar-refractivity contribution in [3.8, 4) is 6.07 Å². The Morgan fingerprint density at radius 1 is 1.21 bits per heavy atom. The summed E-state index contributed by atoms with van der Waals surface area (Å²) in [6.07, 6.45) is 9.59. The molecule has 1 unspecified atom stereocenters. The summed E-state index contributed by atoms with van der Waals surface area (Å²) in [7, 11) is 0. The van der Waals surface area contributed by atoms with Gasteiger partial charge >= 0.3 is 0 Å². The van der Waals surface area contributed by atoms with E-state index in [9.17, 15) is 10.1 Å². The molecule has 5 rings (SSSR count). The SMILES string of the molecule is CC(N/C=C(/C#N)C(=O)Nc1ccc(Cl)cc1Cl)C12CC3CC(CC(C3)C1)C2. The third kappa shape index (κ3) is 3.75. The van der Waals surface area contributed by atoms with Crippen molar-refractivity contribution in [1.82, 2.24) is 5.32 Å². The Balaban J connectivity index is 1.43. The maximum Gasteiger partial charge on any atom is 0.267 e. The van der Waals surface area contributed by atoms with Gasteiger partial charge in [0.25, 0.3) is 5.91 Å². The van der Waals surface area contributed by atoms with Crippen LogP contribution in [0.5, 0.6) is 0 Å². The number of nitrogens with zero attached hydrogens (tertiary/aromatic N) is 1. The number of carbonyl (C=O) groups is 1. The van der Waals surface area contributed by atoms with Crippen LogP contribution in [0.1, 0.15) is 45.4 Å². The molecule has 0 aliphatic heterocycles. The van der Waals surface area contributed by atoms with Crippen molar-refractivity contribution in [3.63, 3.8) is 0 Å². The third-order valence-electron chi connectivity index (χ3n) is 7.03. The number of hydrogen-bond donors (Lipinski definition) is 2. The molecule has 4 aliphatic carbocycles. The lowest BCUT2D eigenvalue weighted by Gasteiger charge is -2.59. The number of hydrogen-bond acceptors (Lipinski definition) is 3. The Bertz CT molecular complexity index is 823. The van der Waals surface area contributed by atoms with E-state index in [1.165, 1.54) is 38.5 Å². The summed E-state index contributed by atoms with van der Waals surface area (Å²) in [6, 6.07) is 7.08. The van der Waals surface area contributed by atoms with Crippen LogP contribution in [-0.4, -0.2) is 11.9 Å². The van der Waals surface area contributed by atoms with E-state index in [4.69, 9.17) is 23.2 Å². The first kappa shape index (κ1) is 19.6. The molecule has 4 fully saturated rings. The average molecular weight is 418 g/mol. The molecule has 1 aromatic rings. The van der Waals surface area contributed by atoms with Crippen molar-refractivity contribution >= 4 is 34.8 Å². The van der Waals surface area contributed by atoms with Crippen molar-refractivity contribution in [3.05, 3.63) is 40.0 Å². The number of benzene rings is 1. The monoisotopic (exact) mass is 417 g/mol. The number of nitriles is 1. The molecular weight excluding hydrogens is 393 g/mol. The van der Waals surface area contributed by atoms with E-state index in [0.717, 1.165) is 17.8 Å². The van der Waals surface area contributed by atoms with Crippen molar-refractivity contribution in [2.45, 2.75) is 51.5 Å². The molecule has 4 bridgehead atoms. The summed E-state index contributed by atoms with van der Waals surface area (Å²) in [6.45, 7) is 2.20. The van der Waals surface area contributed by atoms with Crippen molar-refractivity contribution < 1.29 is 4.79 Å². The highest BCUT2D eigenvalue weighted by molar-refractivity contribution is 6.36. The molecule has 6 heteroatoms. The second-order valence-electron chi connectivity index (χ2n) is 8.92. The maximum absolute atomic E-state index is 12.5. The average Bonchev–Trinajstić information content (AvgIpc) is 2.63. The highest BCUT2D eigenvalue weighted by Crippen LogP contribution is 2.61. The zero-order valence-electron chi connectivity index (χ0n) is 16.0. The molecule has 0 radical (unpaired) electrons. The molecule has 148 valence electrons. The van der Waals surface area contributed by atoms with Gasteiger partial charge in [-0.1, -0.05) is 23.2 Å². The molecule has 4 saturated carbocycles. The summed E-state index contributed by atoms with van der Waals surface area (Å²) in [5.41, 5.74) is 0.788. The summed E-state index contributed by atoms with van der Waals surface area (Å²) < 4.78 is 0. The highest BCUT2D eigenvalue weighted by atomic mass is 35.5. The van der Waals surface area contributed by atoms with Crippen LogP contribution in [0.3, 0.4) is 0 Å². The lowest BCUT2D eigenvalue weighted by Crippen LogP contribution is -2.54. The number of rotatable bonds is 5. The second kappa shape index (κ2) is 7.61. The smallest absolute Gasteiger partial charge is 0.267 e. The summed E-state index contributed by atoms with van der Waals surface area (Å²) in [5, 5.41) is 16.4. The first-order valence-electron chi connectivity index (χ1n) is 10.0. The molecule has 1 atom stereocenters. The molecule has 1 aromatic carbocycles. The standard InChI is InChI=1S/C22H25Cl2N3O/c1-13(22-8-14-4-15(9-22)6-16(5-14)10-22)26-12-17(11-25)21(28)27-20-3-2-18(23)7-19(20)24/h2-3,7,12-16,26H,4-6,8-10H2,1H3,(H,27,28)/b17-12-. The van der Waals surface area contributed by atoms with Gasteiger partial charge in [0.05, 0.1) is 10.7 Å². The van der Waals surface area contributed by atoms with Crippen LogP contribution in [0.4, 0.5) is 5.69 Å². The summed E-state index contributed by atoms with van der Waals surface area (Å²) in [5.74, 6) is 2.12. The quantitative estimate of drug-likeness (QED) is 0.488. The largest absolute Gasteiger partial charge is 0.387 e. The fourth-order valence-corrected chi connectivity index (χ4v) is 6.48. The predicted molar refractivity (Wildman–Crippen MR) is 112 cm³/mol. The topological polar surface area (TPSA) is 64.9 Å². The maximum atomic E-state index is 12.5. The zero-order valence-corrected chi connectivity index (χ0v) is 17.5. The lowest BCUT2D eigenvalue weighted by molar-refractivity contribution is -0.112. The van der Waals surface area contributed by atoms with Crippen molar-refractivity contribution in [2.24, 2.45) is 23.2 Å². The summed E-state index contributed by atoms with van der Waals surface area (Å²) in [4.78, 5) is 12.5. The van der Waals surface area contributed by atoms with Gasteiger partial charge in [-0.3, -0.25) is 4.79 Å². The van der Waals surface area contributed by atoms with Gasteiger partial charge in [0.15, 0.2) is 0 Å². The minimum absolute atomic E-state index is 0.0441. The van der Waals surface area contributed by atoms with E-state index in [-0.39, 0.29) is 11.6 Å². The van der Waals surface area contributed by atoms with Gasteiger partial charge in [-0.05, 0) is 86.8 Å². The van der Waals surface area contributed by atoms with Gasteiger partial charge in [0.2, 0.25) is 0 Å². The number of nitrogens with one attached hydrogen (secondary N) is 2. The van der Waals surface area contributed by atoms with Crippen LogP contribution >= 0.6 is 23.2 Å². The van der Waals surface area contributed by atoms with Gasteiger partial charge in [0, 0.05) is 17.3 Å². The van der Waals surface area contributed by atoms with E-state index in [1.54, 1.807) is 24.4 Å². The Labute approximate surface area is 176 Å². The van der Waals surface area contributed by atoms with Gasteiger partial charge in [-0.15, -0.1) is 0 Å². The van der Waals surface area contributed by atoms with E-state index in [1.807, 2.05) is 6.07 Å². The first-order valence-corrected chi connectivity index (χ1v) is 10.8. The molecule has 0 heterocycles. The van der Waals surface area contributed by atoms with Crippen LogP contribution in [-0.2, 0) is 4.79 Å². The number of halogens is 2. The van der Waals surface area contributed by atoms with Gasteiger partial charge < -0.3 is 10.6 Å². The van der Waals surface area contributed by atoms with Gasteiger partial charge in [0.1, 0.15) is 11.6 Å². The molecule has 4 aliphatic rings. The third-order valence-corrected chi connectivity index (χ3v) is 7.57. The molecular formula is C22H25Cl2N3O. The molecule has 1 amide bonds. The van der Waals surface area contributed by atoms with Crippen LogP contribution in [0.25, 0.3) is 0 Å². The van der Waals surface area contributed by atoms with E-state index in [2.05, 4.69) is 17.6 Å². The molecule has 0 aromatic heterocycles. The van der Waals surface area contributed by atoms with Crippen LogP contribution in [0, 0.1) is 34.5 Å². The van der Waals surface area contributed by atoms with Crippen LogP contribution in [0.15, 0.2) is 30.0 Å². The van der Waals surface area contributed by atoms with E-state index >= 15 is 0 Å². The Hall–Kier alpha value is -1.70. The summed E-state index contributed by atoms with van der Waals surface area (Å²) >= 11 is 12.0. The molecule has 4 nitrogen and oxygen atoms in total. The highest BCUT2D eigenvalue weighted by Gasteiger charge is 2.53. The Kier molecular flexibility index (Phi) is 5.33. The van der Waals surface area contributed by atoms with Gasteiger partial charge in [-0.2, -0.15) is 5.26 Å². The normalized spacial score (nSPS) is 31.9. The fraction of sp³-hybridized carbons (Fsp3) is 0.545. The van der Waals surface area contributed by atoms with Crippen LogP contribution < -0.4 is 10.6 Å². The fourth-order valence-electron chi connectivity index (χ4n) is 6.02. The van der Waals surface area contributed by atoms with Gasteiger partial charge in [-0.25, -0.2) is 0 Å². The van der Waals surface area contributed by atoms with E-state index in [0.29, 0.717) is 21.1 Å². The van der Waals surface area contributed by atoms with Crippen LogP contribution in [0.2, 0.25) is 10.0 Å². The van der Waals surface area contributed by atoms with Crippen molar-refractivity contribution in [2.75, 3.05) is 5.32 Å².